The molecule has 0 bridgehead atoms. The number of esters is 1. The molecular weight excluding hydrogens is 240 g/mol. The van der Waals surface area contributed by atoms with E-state index in [2.05, 4.69) is 10.5 Å². The van der Waals surface area contributed by atoms with Crippen LogP contribution in [-0.2, 0) is 4.79 Å². The highest BCUT2D eigenvalue weighted by molar-refractivity contribution is 5.80. The topological polar surface area (TPSA) is 50.7 Å². The molecule has 96 valence electrons. The second-order valence-electron chi connectivity index (χ2n) is 3.90. The number of ether oxygens (including phenoxy) is 1. The van der Waals surface area contributed by atoms with Gasteiger partial charge in [0.15, 0.2) is 0 Å². The Morgan fingerprint density at radius 3 is 2.42 bits per heavy atom. The first-order valence-corrected chi connectivity index (χ1v) is 5.86. The lowest BCUT2D eigenvalue weighted by Gasteiger charge is -2.01. The van der Waals surface area contributed by atoms with E-state index in [4.69, 9.17) is 4.74 Å². The number of rotatable bonds is 4. The molecule has 0 aromatic heterocycles. The zero-order valence-electron chi connectivity index (χ0n) is 10.5. The third-order valence-electron chi connectivity index (χ3n) is 2.32. The van der Waals surface area contributed by atoms with Crippen LogP contribution in [0, 0.1) is 0 Å². The number of anilines is 1. The monoisotopic (exact) mass is 254 g/mol. The Balaban J connectivity index is 1.94. The average molecular weight is 254 g/mol. The first-order valence-electron chi connectivity index (χ1n) is 5.86. The highest BCUT2D eigenvalue weighted by Crippen LogP contribution is 2.11. The largest absolute Gasteiger partial charge is 0.427 e. The Hall–Kier alpha value is -2.62. The number of carbonyl (C=O) groups excluding carboxylic acids is 1. The van der Waals surface area contributed by atoms with Gasteiger partial charge in [0.05, 0.1) is 11.9 Å². The molecule has 4 heteroatoms. The van der Waals surface area contributed by atoms with E-state index in [1.807, 2.05) is 42.5 Å². The highest BCUT2D eigenvalue weighted by atomic mass is 16.5. The second-order valence-corrected chi connectivity index (χ2v) is 3.90. The summed E-state index contributed by atoms with van der Waals surface area (Å²) in [6.45, 7) is 1.37. The van der Waals surface area contributed by atoms with Crippen molar-refractivity contribution < 1.29 is 9.53 Å². The fourth-order valence-corrected chi connectivity index (χ4v) is 1.48. The lowest BCUT2D eigenvalue weighted by molar-refractivity contribution is -0.131. The Bertz CT molecular complexity index is 562. The molecule has 0 atom stereocenters. The molecule has 4 nitrogen and oxygen atoms in total. The maximum Gasteiger partial charge on any atom is 0.308 e. The van der Waals surface area contributed by atoms with Crippen molar-refractivity contribution in [1.82, 2.24) is 0 Å². The minimum absolute atomic E-state index is 0.327. The molecule has 2 rings (SSSR count). The smallest absolute Gasteiger partial charge is 0.308 e. The summed E-state index contributed by atoms with van der Waals surface area (Å²) in [7, 11) is 0. The minimum atomic E-state index is -0.327. The SMILES string of the molecule is CC(=O)Oc1ccc(/C=N/Nc2ccccc2)cc1. The van der Waals surface area contributed by atoms with Gasteiger partial charge in [-0.05, 0) is 42.0 Å². The Labute approximate surface area is 111 Å². The first-order chi connectivity index (χ1) is 9.24. The van der Waals surface area contributed by atoms with E-state index in [0.29, 0.717) is 5.75 Å². The van der Waals surface area contributed by atoms with Crippen LogP contribution in [0.25, 0.3) is 0 Å². The van der Waals surface area contributed by atoms with Crippen LogP contribution in [0.4, 0.5) is 5.69 Å². The lowest BCUT2D eigenvalue weighted by Crippen LogP contribution is -2.01. The van der Waals surface area contributed by atoms with Crippen LogP contribution in [0.15, 0.2) is 59.7 Å². The molecule has 0 amide bonds. The van der Waals surface area contributed by atoms with Crippen molar-refractivity contribution in [1.29, 1.82) is 0 Å². The fourth-order valence-electron chi connectivity index (χ4n) is 1.48. The van der Waals surface area contributed by atoms with E-state index < -0.39 is 0 Å². The number of hydrazone groups is 1. The van der Waals surface area contributed by atoms with Gasteiger partial charge in [-0.3, -0.25) is 10.2 Å². The Morgan fingerprint density at radius 1 is 1.11 bits per heavy atom. The van der Waals surface area contributed by atoms with Crippen LogP contribution in [0.2, 0.25) is 0 Å². The van der Waals surface area contributed by atoms with Crippen molar-refractivity contribution in [3.63, 3.8) is 0 Å². The highest BCUT2D eigenvalue weighted by Gasteiger charge is 1.96. The van der Waals surface area contributed by atoms with Crippen LogP contribution in [0.5, 0.6) is 5.75 Å². The Kier molecular flexibility index (Phi) is 4.29. The van der Waals surface area contributed by atoms with Gasteiger partial charge in [0, 0.05) is 6.92 Å². The third-order valence-corrected chi connectivity index (χ3v) is 2.32. The molecule has 0 unspecified atom stereocenters. The molecule has 2 aromatic rings. The summed E-state index contributed by atoms with van der Waals surface area (Å²) in [5.74, 6) is 0.202. The van der Waals surface area contributed by atoms with Crippen molar-refractivity contribution in [2.45, 2.75) is 6.92 Å². The molecule has 0 aliphatic rings. The van der Waals surface area contributed by atoms with E-state index in [1.54, 1.807) is 18.3 Å². The maximum absolute atomic E-state index is 10.8. The predicted octanol–water partition coefficient (Wildman–Crippen LogP) is 3.06. The van der Waals surface area contributed by atoms with Crippen molar-refractivity contribution in [3.8, 4) is 5.75 Å². The average Bonchev–Trinajstić information content (AvgIpc) is 2.41. The standard InChI is InChI=1S/C15H14N2O2/c1-12(18)19-15-9-7-13(8-10-15)11-16-17-14-5-3-2-4-6-14/h2-11,17H,1H3/b16-11+. The number of carbonyl (C=O) groups is 1. The summed E-state index contributed by atoms with van der Waals surface area (Å²) < 4.78 is 4.94. The second kappa shape index (κ2) is 6.35. The zero-order chi connectivity index (χ0) is 13.5. The van der Waals surface area contributed by atoms with Crippen molar-refractivity contribution >= 4 is 17.9 Å². The molecule has 0 saturated carbocycles. The number of nitrogens with zero attached hydrogens (tertiary/aromatic N) is 1. The molecule has 0 saturated heterocycles. The van der Waals surface area contributed by atoms with Gasteiger partial charge < -0.3 is 4.74 Å². The number of hydrogen-bond donors (Lipinski definition) is 1. The molecule has 0 spiro atoms. The molecule has 0 aliphatic carbocycles. The molecule has 2 aromatic carbocycles. The normalized spacial score (nSPS) is 10.4. The van der Waals surface area contributed by atoms with E-state index >= 15 is 0 Å². The number of benzene rings is 2. The summed E-state index contributed by atoms with van der Waals surface area (Å²) in [4.78, 5) is 10.8. The van der Waals surface area contributed by atoms with Crippen LogP contribution in [0.1, 0.15) is 12.5 Å². The Morgan fingerprint density at radius 2 is 1.79 bits per heavy atom. The lowest BCUT2D eigenvalue weighted by atomic mass is 10.2. The van der Waals surface area contributed by atoms with Crippen molar-refractivity contribution in [2.24, 2.45) is 5.10 Å². The molecular formula is C15H14N2O2. The minimum Gasteiger partial charge on any atom is -0.427 e. The van der Waals surface area contributed by atoms with Crippen LogP contribution < -0.4 is 10.2 Å². The van der Waals surface area contributed by atoms with Crippen molar-refractivity contribution in [3.05, 3.63) is 60.2 Å². The number of para-hydroxylation sites is 1. The molecule has 0 heterocycles. The fraction of sp³-hybridized carbons (Fsp3) is 0.0667. The third kappa shape index (κ3) is 4.27. The summed E-state index contributed by atoms with van der Waals surface area (Å²) in [5.41, 5.74) is 4.77. The molecule has 0 aliphatic heterocycles. The van der Waals surface area contributed by atoms with Crippen molar-refractivity contribution in [2.75, 3.05) is 5.43 Å². The number of nitrogens with one attached hydrogen (secondary N) is 1. The van der Waals surface area contributed by atoms with Gasteiger partial charge in [-0.25, -0.2) is 0 Å². The quantitative estimate of drug-likeness (QED) is 0.395. The summed E-state index contributed by atoms with van der Waals surface area (Å²) in [5, 5.41) is 4.12. The predicted molar refractivity (Wildman–Crippen MR) is 75.4 cm³/mol. The van der Waals surface area contributed by atoms with Crippen LogP contribution in [-0.4, -0.2) is 12.2 Å². The summed E-state index contributed by atoms with van der Waals surface area (Å²) in [6.07, 6.45) is 1.70. The molecule has 0 radical (unpaired) electrons. The summed E-state index contributed by atoms with van der Waals surface area (Å²) in [6, 6.07) is 16.8. The van der Waals surface area contributed by atoms with Gasteiger partial charge in [0.2, 0.25) is 0 Å². The molecule has 19 heavy (non-hydrogen) atoms. The van der Waals surface area contributed by atoms with Gasteiger partial charge in [-0.2, -0.15) is 5.10 Å². The van der Waals surface area contributed by atoms with Gasteiger partial charge in [-0.1, -0.05) is 18.2 Å². The van der Waals surface area contributed by atoms with E-state index in [1.165, 1.54) is 6.92 Å². The van der Waals surface area contributed by atoms with Gasteiger partial charge in [0.25, 0.3) is 0 Å². The van der Waals surface area contributed by atoms with Gasteiger partial charge >= 0.3 is 5.97 Å². The first kappa shape index (κ1) is 12.8. The van der Waals surface area contributed by atoms with Crippen LogP contribution in [0.3, 0.4) is 0 Å². The van der Waals surface area contributed by atoms with E-state index in [-0.39, 0.29) is 5.97 Å². The zero-order valence-corrected chi connectivity index (χ0v) is 10.5. The van der Waals surface area contributed by atoms with Gasteiger partial charge in [0.1, 0.15) is 5.75 Å². The van der Waals surface area contributed by atoms with Crippen LogP contribution >= 0.6 is 0 Å². The van der Waals surface area contributed by atoms with E-state index in [0.717, 1.165) is 11.3 Å². The molecule has 0 fully saturated rings. The van der Waals surface area contributed by atoms with Gasteiger partial charge in [-0.15, -0.1) is 0 Å². The van der Waals surface area contributed by atoms with E-state index in [9.17, 15) is 4.79 Å². The number of hydrogen-bond acceptors (Lipinski definition) is 4. The molecule has 1 N–H and O–H groups in total. The summed E-state index contributed by atoms with van der Waals surface area (Å²) >= 11 is 0. The maximum atomic E-state index is 10.8.